The van der Waals surface area contributed by atoms with E-state index in [4.69, 9.17) is 11.0 Å². The molecule has 0 saturated carbocycles. The van der Waals surface area contributed by atoms with Crippen LogP contribution >= 0.6 is 0 Å². The lowest BCUT2D eigenvalue weighted by Gasteiger charge is -2.33. The maximum atomic E-state index is 8.95. The Balaban J connectivity index is 2.39. The highest BCUT2D eigenvalue weighted by molar-refractivity contribution is 5.62. The lowest BCUT2D eigenvalue weighted by molar-refractivity contribution is 0.662. The van der Waals surface area contributed by atoms with Gasteiger partial charge >= 0.3 is 0 Å². The van der Waals surface area contributed by atoms with Crippen molar-refractivity contribution in [2.45, 2.75) is 25.8 Å². The second-order valence-electron chi connectivity index (χ2n) is 3.99. The minimum Gasteiger partial charge on any atom is -0.399 e. The van der Waals surface area contributed by atoms with E-state index >= 15 is 0 Å². The molecule has 2 N–H and O–H groups in total. The van der Waals surface area contributed by atoms with Crippen LogP contribution in [0.1, 0.15) is 18.9 Å². The van der Waals surface area contributed by atoms with Gasteiger partial charge in [-0.05, 0) is 43.5 Å². The van der Waals surface area contributed by atoms with Gasteiger partial charge in [-0.25, -0.2) is 0 Å². The van der Waals surface area contributed by atoms with Gasteiger partial charge in [0.25, 0.3) is 0 Å². The number of aryl methyl sites for hydroxylation is 1. The molecule has 0 amide bonds. The zero-order valence-corrected chi connectivity index (χ0v) is 8.90. The minimum absolute atomic E-state index is 0.0623. The van der Waals surface area contributed by atoms with Crippen LogP contribution < -0.4 is 10.6 Å². The van der Waals surface area contributed by atoms with E-state index in [-0.39, 0.29) is 6.04 Å². The molecule has 1 aromatic rings. The molecule has 3 nitrogen and oxygen atoms in total. The third-order valence-corrected chi connectivity index (χ3v) is 2.91. The van der Waals surface area contributed by atoms with Gasteiger partial charge in [-0.3, -0.25) is 0 Å². The zero-order valence-electron chi connectivity index (χ0n) is 8.90. The Morgan fingerprint density at radius 3 is 3.07 bits per heavy atom. The molecule has 3 heteroatoms. The monoisotopic (exact) mass is 201 g/mol. The van der Waals surface area contributed by atoms with E-state index in [0.717, 1.165) is 25.1 Å². The second kappa shape index (κ2) is 3.82. The molecule has 15 heavy (non-hydrogen) atoms. The zero-order chi connectivity index (χ0) is 10.8. The number of hydrogen-bond donors (Lipinski definition) is 1. The Morgan fingerprint density at radius 1 is 1.53 bits per heavy atom. The maximum absolute atomic E-state index is 8.95. The predicted octanol–water partition coefficient (Wildman–Crippen LogP) is 1.93. The summed E-state index contributed by atoms with van der Waals surface area (Å²) in [6.07, 6.45) is 2.16. The van der Waals surface area contributed by atoms with Crippen LogP contribution in [0, 0.1) is 11.3 Å². The number of benzene rings is 1. The molecular weight excluding hydrogens is 186 g/mol. The maximum Gasteiger partial charge on any atom is 0.114 e. The standard InChI is InChI=1S/C12H15N3/c1-9(8-13)15-6-2-3-10-7-11(14)4-5-12(10)15/h4-5,7,9H,2-3,6,14H2,1H3. The topological polar surface area (TPSA) is 53.0 Å². The van der Waals surface area contributed by atoms with E-state index in [0.29, 0.717) is 0 Å². The molecule has 1 aliphatic heterocycles. The number of nitrogens with two attached hydrogens (primary N) is 1. The predicted molar refractivity (Wildman–Crippen MR) is 61.6 cm³/mol. The van der Waals surface area contributed by atoms with Crippen LogP contribution in [-0.4, -0.2) is 12.6 Å². The highest BCUT2D eigenvalue weighted by atomic mass is 15.2. The van der Waals surface area contributed by atoms with Crippen LogP contribution in [0.15, 0.2) is 18.2 Å². The number of anilines is 2. The summed E-state index contributed by atoms with van der Waals surface area (Å²) in [6, 6.07) is 8.17. The number of rotatable bonds is 1. The van der Waals surface area contributed by atoms with Gasteiger partial charge in [0.2, 0.25) is 0 Å². The summed E-state index contributed by atoms with van der Waals surface area (Å²) in [7, 11) is 0. The molecule has 1 aliphatic rings. The van der Waals surface area contributed by atoms with E-state index in [1.165, 1.54) is 11.3 Å². The van der Waals surface area contributed by atoms with Crippen molar-refractivity contribution in [3.8, 4) is 6.07 Å². The van der Waals surface area contributed by atoms with Crippen LogP contribution in [0.3, 0.4) is 0 Å². The van der Waals surface area contributed by atoms with Crippen LogP contribution in [-0.2, 0) is 6.42 Å². The third kappa shape index (κ3) is 1.75. The average Bonchev–Trinajstić information content (AvgIpc) is 2.26. The fourth-order valence-electron chi connectivity index (χ4n) is 2.12. The van der Waals surface area contributed by atoms with Crippen molar-refractivity contribution >= 4 is 11.4 Å². The fraction of sp³-hybridized carbons (Fsp3) is 0.417. The van der Waals surface area contributed by atoms with E-state index in [1.807, 2.05) is 25.1 Å². The van der Waals surface area contributed by atoms with Gasteiger partial charge in [0.05, 0.1) is 6.07 Å². The Morgan fingerprint density at radius 2 is 2.33 bits per heavy atom. The molecule has 0 aromatic heterocycles. The summed E-state index contributed by atoms with van der Waals surface area (Å²) < 4.78 is 0. The Labute approximate surface area is 90.1 Å². The minimum atomic E-state index is -0.0623. The van der Waals surface area contributed by atoms with E-state index in [2.05, 4.69) is 11.0 Å². The molecule has 1 atom stereocenters. The van der Waals surface area contributed by atoms with Crippen molar-refractivity contribution in [1.29, 1.82) is 5.26 Å². The number of nitrogens with zero attached hydrogens (tertiary/aromatic N) is 2. The van der Waals surface area contributed by atoms with Crippen LogP contribution in [0.5, 0.6) is 0 Å². The van der Waals surface area contributed by atoms with Crippen LogP contribution in [0.2, 0.25) is 0 Å². The molecule has 1 heterocycles. The van der Waals surface area contributed by atoms with Crippen molar-refractivity contribution in [2.24, 2.45) is 0 Å². The van der Waals surface area contributed by atoms with Gasteiger partial charge in [0, 0.05) is 17.9 Å². The average molecular weight is 201 g/mol. The molecule has 1 aromatic carbocycles. The molecule has 78 valence electrons. The summed E-state index contributed by atoms with van der Waals surface area (Å²) >= 11 is 0. The molecular formula is C12H15N3. The number of fused-ring (bicyclic) bond motifs is 1. The first-order valence-corrected chi connectivity index (χ1v) is 5.27. The first-order chi connectivity index (χ1) is 7.22. The Kier molecular flexibility index (Phi) is 2.51. The van der Waals surface area contributed by atoms with Crippen molar-refractivity contribution in [3.05, 3.63) is 23.8 Å². The summed E-state index contributed by atoms with van der Waals surface area (Å²) in [4.78, 5) is 2.15. The molecule has 0 saturated heterocycles. The third-order valence-electron chi connectivity index (χ3n) is 2.91. The lowest BCUT2D eigenvalue weighted by atomic mass is 10.00. The van der Waals surface area contributed by atoms with Crippen molar-refractivity contribution in [2.75, 3.05) is 17.2 Å². The van der Waals surface area contributed by atoms with Gasteiger partial charge in [-0.1, -0.05) is 0 Å². The molecule has 0 spiro atoms. The number of nitrogen functional groups attached to an aromatic ring is 1. The molecule has 0 aliphatic carbocycles. The highest BCUT2D eigenvalue weighted by Gasteiger charge is 2.20. The van der Waals surface area contributed by atoms with Gasteiger partial charge in [-0.2, -0.15) is 5.26 Å². The molecule has 0 bridgehead atoms. The Hall–Kier alpha value is -1.69. The normalized spacial score (nSPS) is 16.7. The van der Waals surface area contributed by atoms with E-state index in [1.54, 1.807) is 0 Å². The SMILES string of the molecule is CC(C#N)N1CCCc2cc(N)ccc21. The van der Waals surface area contributed by atoms with E-state index in [9.17, 15) is 0 Å². The molecule has 0 fully saturated rings. The van der Waals surface area contributed by atoms with Crippen molar-refractivity contribution < 1.29 is 0 Å². The highest BCUT2D eigenvalue weighted by Crippen LogP contribution is 2.29. The Bertz CT molecular complexity index is 406. The fourth-order valence-corrected chi connectivity index (χ4v) is 2.12. The van der Waals surface area contributed by atoms with Crippen LogP contribution in [0.4, 0.5) is 11.4 Å². The summed E-state index contributed by atoms with van der Waals surface area (Å²) in [6.45, 7) is 2.90. The summed E-state index contributed by atoms with van der Waals surface area (Å²) in [5.74, 6) is 0. The smallest absolute Gasteiger partial charge is 0.114 e. The first kappa shape index (κ1) is 9.85. The molecule has 1 unspecified atom stereocenters. The van der Waals surface area contributed by atoms with Crippen molar-refractivity contribution in [3.63, 3.8) is 0 Å². The first-order valence-electron chi connectivity index (χ1n) is 5.27. The molecule has 2 rings (SSSR count). The number of hydrogen-bond acceptors (Lipinski definition) is 3. The molecule has 0 radical (unpaired) electrons. The lowest BCUT2D eigenvalue weighted by Crippen LogP contribution is -2.36. The van der Waals surface area contributed by atoms with Crippen molar-refractivity contribution in [1.82, 2.24) is 0 Å². The van der Waals surface area contributed by atoms with Gasteiger partial charge < -0.3 is 10.6 Å². The largest absolute Gasteiger partial charge is 0.399 e. The number of nitriles is 1. The quantitative estimate of drug-likeness (QED) is 0.706. The van der Waals surface area contributed by atoms with Gasteiger partial charge in [0.15, 0.2) is 0 Å². The second-order valence-corrected chi connectivity index (χ2v) is 3.99. The summed E-state index contributed by atoms with van der Waals surface area (Å²) in [5, 5.41) is 8.95. The van der Waals surface area contributed by atoms with E-state index < -0.39 is 0 Å². The van der Waals surface area contributed by atoms with Gasteiger partial charge in [-0.15, -0.1) is 0 Å². The van der Waals surface area contributed by atoms with Gasteiger partial charge in [0.1, 0.15) is 6.04 Å². The summed E-state index contributed by atoms with van der Waals surface area (Å²) in [5.41, 5.74) is 9.00. The van der Waals surface area contributed by atoms with Crippen LogP contribution in [0.25, 0.3) is 0 Å².